The van der Waals surface area contributed by atoms with Gasteiger partial charge in [-0.15, -0.1) is 0 Å². The molecule has 2 N–H and O–H groups in total. The van der Waals surface area contributed by atoms with Crippen LogP contribution in [0.2, 0.25) is 0 Å². The van der Waals surface area contributed by atoms with Crippen LogP contribution >= 0.6 is 0 Å². The number of carbonyl (C=O) groups excluding carboxylic acids is 1. The molecule has 0 saturated heterocycles. The van der Waals surface area contributed by atoms with E-state index in [1.807, 2.05) is 37.3 Å². The van der Waals surface area contributed by atoms with Crippen molar-refractivity contribution in [3.05, 3.63) is 47.7 Å². The van der Waals surface area contributed by atoms with Gasteiger partial charge in [-0.05, 0) is 12.5 Å². The molecule has 0 unspecified atom stereocenters. The number of hydrogen-bond acceptors (Lipinski definition) is 2. The van der Waals surface area contributed by atoms with Crippen molar-refractivity contribution in [1.82, 2.24) is 10.6 Å². The minimum atomic E-state index is -0.0898. The van der Waals surface area contributed by atoms with E-state index in [1.54, 1.807) is 13.1 Å². The van der Waals surface area contributed by atoms with Crippen molar-refractivity contribution in [3.8, 4) is 0 Å². The fraction of sp³-hybridized carbons (Fsp3) is 0.250. The lowest BCUT2D eigenvalue weighted by Gasteiger charge is -2.06. The normalized spacial score (nSPS) is 10.9. The van der Waals surface area contributed by atoms with Gasteiger partial charge in [-0.1, -0.05) is 30.3 Å². The highest BCUT2D eigenvalue weighted by Crippen LogP contribution is 1.98. The number of allylic oxidation sites excluding steroid dienone is 1. The molecule has 0 aromatic heterocycles. The molecule has 0 heterocycles. The van der Waals surface area contributed by atoms with Crippen LogP contribution in [0.15, 0.2) is 42.1 Å². The Labute approximate surface area is 90.2 Å². The van der Waals surface area contributed by atoms with E-state index in [1.165, 1.54) is 5.56 Å². The van der Waals surface area contributed by atoms with Crippen molar-refractivity contribution in [2.45, 2.75) is 13.5 Å². The Morgan fingerprint density at radius 1 is 1.33 bits per heavy atom. The SMILES string of the molecule is CNC(=O)/C=C(/C)NCc1ccccc1. The van der Waals surface area contributed by atoms with Gasteiger partial charge in [0.15, 0.2) is 0 Å². The number of carbonyl (C=O) groups is 1. The second kappa shape index (κ2) is 5.86. The summed E-state index contributed by atoms with van der Waals surface area (Å²) in [5.74, 6) is -0.0898. The van der Waals surface area contributed by atoms with Crippen molar-refractivity contribution in [2.75, 3.05) is 7.05 Å². The van der Waals surface area contributed by atoms with Crippen LogP contribution in [-0.4, -0.2) is 13.0 Å². The zero-order valence-electron chi connectivity index (χ0n) is 9.08. The van der Waals surface area contributed by atoms with Gasteiger partial charge in [0.2, 0.25) is 5.91 Å². The highest BCUT2D eigenvalue weighted by molar-refractivity contribution is 5.87. The molecular formula is C12H16N2O. The lowest BCUT2D eigenvalue weighted by molar-refractivity contribution is -0.116. The summed E-state index contributed by atoms with van der Waals surface area (Å²) in [6.45, 7) is 2.61. The maximum Gasteiger partial charge on any atom is 0.245 e. The van der Waals surface area contributed by atoms with E-state index in [4.69, 9.17) is 0 Å². The third-order valence-electron chi connectivity index (χ3n) is 2.01. The predicted molar refractivity (Wildman–Crippen MR) is 61.1 cm³/mol. The molecule has 1 amide bonds. The predicted octanol–water partition coefficient (Wildman–Crippen LogP) is 1.43. The minimum absolute atomic E-state index is 0.0898. The molecule has 0 atom stereocenters. The van der Waals surface area contributed by atoms with Gasteiger partial charge >= 0.3 is 0 Å². The van der Waals surface area contributed by atoms with Crippen molar-refractivity contribution in [2.24, 2.45) is 0 Å². The first-order valence-corrected chi connectivity index (χ1v) is 4.90. The second-order valence-electron chi connectivity index (χ2n) is 3.28. The van der Waals surface area contributed by atoms with E-state index in [-0.39, 0.29) is 5.91 Å². The van der Waals surface area contributed by atoms with Gasteiger partial charge in [0.05, 0.1) is 0 Å². The largest absolute Gasteiger partial charge is 0.384 e. The Balaban J connectivity index is 2.44. The van der Waals surface area contributed by atoms with Crippen molar-refractivity contribution >= 4 is 5.91 Å². The van der Waals surface area contributed by atoms with E-state index < -0.39 is 0 Å². The van der Waals surface area contributed by atoms with Crippen LogP contribution in [0.5, 0.6) is 0 Å². The van der Waals surface area contributed by atoms with Crippen LogP contribution in [0.4, 0.5) is 0 Å². The summed E-state index contributed by atoms with van der Waals surface area (Å²) in [5.41, 5.74) is 2.06. The molecule has 0 aliphatic carbocycles. The van der Waals surface area contributed by atoms with Gasteiger partial charge in [0.25, 0.3) is 0 Å². The Hall–Kier alpha value is -1.77. The molecule has 80 valence electrons. The maximum absolute atomic E-state index is 11.0. The topological polar surface area (TPSA) is 41.1 Å². The van der Waals surface area contributed by atoms with Crippen LogP contribution in [0.1, 0.15) is 12.5 Å². The highest BCUT2D eigenvalue weighted by atomic mass is 16.1. The number of hydrogen-bond donors (Lipinski definition) is 2. The maximum atomic E-state index is 11.0. The molecule has 1 aromatic carbocycles. The van der Waals surface area contributed by atoms with Gasteiger partial charge in [-0.25, -0.2) is 0 Å². The summed E-state index contributed by atoms with van der Waals surface area (Å²) in [7, 11) is 1.61. The van der Waals surface area contributed by atoms with Crippen LogP contribution in [-0.2, 0) is 11.3 Å². The lowest BCUT2D eigenvalue weighted by Crippen LogP contribution is -2.18. The van der Waals surface area contributed by atoms with Gasteiger partial charge < -0.3 is 10.6 Å². The minimum Gasteiger partial charge on any atom is -0.384 e. The summed E-state index contributed by atoms with van der Waals surface area (Å²) < 4.78 is 0. The molecule has 0 saturated carbocycles. The molecule has 0 bridgehead atoms. The molecule has 0 aliphatic heterocycles. The third-order valence-corrected chi connectivity index (χ3v) is 2.01. The molecule has 15 heavy (non-hydrogen) atoms. The quantitative estimate of drug-likeness (QED) is 0.728. The van der Waals surface area contributed by atoms with E-state index in [9.17, 15) is 4.79 Å². The lowest BCUT2D eigenvalue weighted by atomic mass is 10.2. The summed E-state index contributed by atoms with van der Waals surface area (Å²) in [6.07, 6.45) is 1.54. The average Bonchev–Trinajstić information content (AvgIpc) is 2.27. The molecular weight excluding hydrogens is 188 g/mol. The summed E-state index contributed by atoms with van der Waals surface area (Å²) in [5, 5.41) is 5.70. The van der Waals surface area contributed by atoms with Gasteiger partial charge in [0.1, 0.15) is 0 Å². The van der Waals surface area contributed by atoms with Gasteiger partial charge in [-0.3, -0.25) is 4.79 Å². The molecule has 0 spiro atoms. The van der Waals surface area contributed by atoms with Crippen molar-refractivity contribution in [3.63, 3.8) is 0 Å². The third kappa shape index (κ3) is 4.31. The highest BCUT2D eigenvalue weighted by Gasteiger charge is 1.94. The van der Waals surface area contributed by atoms with E-state index in [0.29, 0.717) is 0 Å². The molecule has 3 nitrogen and oxygen atoms in total. The molecule has 1 rings (SSSR count). The standard InChI is InChI=1S/C12H16N2O/c1-10(8-12(15)13-2)14-9-11-6-4-3-5-7-11/h3-8,14H,9H2,1-2H3,(H,13,15)/b10-8-. The Bertz CT molecular complexity index is 344. The molecule has 0 radical (unpaired) electrons. The summed E-state index contributed by atoms with van der Waals surface area (Å²) in [4.78, 5) is 11.0. The number of benzene rings is 1. The number of amides is 1. The zero-order valence-corrected chi connectivity index (χ0v) is 9.08. The van der Waals surface area contributed by atoms with E-state index >= 15 is 0 Å². The molecule has 1 aromatic rings. The molecule has 0 aliphatic rings. The smallest absolute Gasteiger partial charge is 0.245 e. The van der Waals surface area contributed by atoms with Crippen LogP contribution in [0, 0.1) is 0 Å². The van der Waals surface area contributed by atoms with Gasteiger partial charge in [0, 0.05) is 25.4 Å². The first-order valence-electron chi connectivity index (χ1n) is 4.90. The fourth-order valence-corrected chi connectivity index (χ4v) is 1.16. The number of rotatable bonds is 4. The number of likely N-dealkylation sites (N-methyl/N-ethyl adjacent to an activating group) is 1. The first kappa shape index (κ1) is 11.3. The van der Waals surface area contributed by atoms with Crippen molar-refractivity contribution < 1.29 is 4.79 Å². The average molecular weight is 204 g/mol. The first-order chi connectivity index (χ1) is 7.22. The monoisotopic (exact) mass is 204 g/mol. The van der Waals surface area contributed by atoms with Gasteiger partial charge in [-0.2, -0.15) is 0 Å². The fourth-order valence-electron chi connectivity index (χ4n) is 1.16. The van der Waals surface area contributed by atoms with E-state index in [0.717, 1.165) is 12.2 Å². The molecule has 0 fully saturated rings. The second-order valence-corrected chi connectivity index (χ2v) is 3.28. The number of nitrogens with one attached hydrogen (secondary N) is 2. The zero-order chi connectivity index (χ0) is 11.1. The molecule has 3 heteroatoms. The van der Waals surface area contributed by atoms with Crippen LogP contribution in [0.25, 0.3) is 0 Å². The van der Waals surface area contributed by atoms with Crippen molar-refractivity contribution in [1.29, 1.82) is 0 Å². The Kier molecular flexibility index (Phi) is 4.41. The van der Waals surface area contributed by atoms with E-state index in [2.05, 4.69) is 10.6 Å². The van der Waals surface area contributed by atoms with Crippen LogP contribution in [0.3, 0.4) is 0 Å². The summed E-state index contributed by atoms with van der Waals surface area (Å²) >= 11 is 0. The Morgan fingerprint density at radius 2 is 2.00 bits per heavy atom. The Morgan fingerprint density at radius 3 is 2.60 bits per heavy atom. The van der Waals surface area contributed by atoms with Crippen LogP contribution < -0.4 is 10.6 Å². The summed E-state index contributed by atoms with van der Waals surface area (Å²) in [6, 6.07) is 10.1.